The molecule has 0 spiro atoms. The summed E-state index contributed by atoms with van der Waals surface area (Å²) in [6.07, 6.45) is -12.5. The van der Waals surface area contributed by atoms with Gasteiger partial charge in [-0.15, -0.1) is 0 Å². The van der Waals surface area contributed by atoms with Gasteiger partial charge in [-0.25, -0.2) is 0 Å². The van der Waals surface area contributed by atoms with Crippen LogP contribution in [-0.2, 0) is 6.18 Å². The van der Waals surface area contributed by atoms with Gasteiger partial charge in [-0.1, -0.05) is 23.2 Å². The molecule has 0 atom stereocenters. The fourth-order valence-corrected chi connectivity index (χ4v) is 2.37. The van der Waals surface area contributed by atoms with E-state index in [-0.39, 0.29) is 12.1 Å². The average molecular weight is 525 g/mol. The van der Waals surface area contributed by atoms with Gasteiger partial charge in [0.1, 0.15) is 0 Å². The summed E-state index contributed by atoms with van der Waals surface area (Å²) in [6.45, 7) is 0. The summed E-state index contributed by atoms with van der Waals surface area (Å²) >= 11 is 10.6. The summed E-state index contributed by atoms with van der Waals surface area (Å²) in [7, 11) is 0. The first kappa shape index (κ1) is 27.3. The number of hydrogen-bond donors (Lipinski definition) is 2. The smallest absolute Gasteiger partial charge is 0.337 e. The van der Waals surface area contributed by atoms with Crippen LogP contribution in [-0.4, -0.2) is 35.7 Å². The van der Waals surface area contributed by atoms with E-state index in [1.165, 1.54) is 0 Å². The summed E-state index contributed by atoms with van der Waals surface area (Å²) in [5.41, 5.74) is -2.96. The molecule has 0 radical (unpaired) electrons. The normalized spacial score (nSPS) is 14.6. The number of benzene rings is 1. The summed E-state index contributed by atoms with van der Waals surface area (Å²) in [6, 6.07) is -0.0442. The van der Waals surface area contributed by atoms with Gasteiger partial charge >= 0.3 is 36.0 Å². The maximum atomic E-state index is 13.7. The van der Waals surface area contributed by atoms with Crippen molar-refractivity contribution in [1.82, 2.24) is 0 Å². The van der Waals surface area contributed by atoms with Crippen molar-refractivity contribution in [3.63, 3.8) is 0 Å². The fraction of sp³-hybridized carbons (Fsp3) is 0.462. The maximum absolute atomic E-state index is 13.7. The van der Waals surface area contributed by atoms with E-state index in [1.807, 2.05) is 0 Å². The van der Waals surface area contributed by atoms with Gasteiger partial charge in [0.15, 0.2) is 5.84 Å². The van der Waals surface area contributed by atoms with Crippen molar-refractivity contribution in [3.8, 4) is 0 Å². The molecule has 0 heterocycles. The van der Waals surface area contributed by atoms with E-state index >= 15 is 0 Å². The fourth-order valence-electron chi connectivity index (χ4n) is 1.79. The predicted octanol–water partition coefficient (Wildman–Crippen LogP) is 7.50. The van der Waals surface area contributed by atoms with Crippen molar-refractivity contribution in [2.24, 2.45) is 0 Å². The van der Waals surface area contributed by atoms with Crippen LogP contribution < -0.4 is 5.32 Å². The van der Waals surface area contributed by atoms with Gasteiger partial charge in [-0.05, 0) is 12.1 Å². The van der Waals surface area contributed by atoms with Gasteiger partial charge in [0.05, 0.1) is 21.3 Å². The first-order chi connectivity index (χ1) is 13.4. The van der Waals surface area contributed by atoms with Gasteiger partial charge in [0, 0.05) is 0 Å². The zero-order valence-electron chi connectivity index (χ0n) is 13.7. The van der Waals surface area contributed by atoms with Crippen LogP contribution in [0.4, 0.5) is 67.2 Å². The Morgan fingerprint density at radius 1 is 0.677 bits per heavy atom. The number of anilines is 1. The molecule has 1 rings (SSSR count). The number of nitrogens with one attached hydrogen (secondary N) is 2. The Balaban J connectivity index is 3.42. The van der Waals surface area contributed by atoms with Crippen molar-refractivity contribution in [2.75, 3.05) is 5.32 Å². The molecule has 0 aliphatic rings. The van der Waals surface area contributed by atoms with Crippen molar-refractivity contribution in [2.45, 2.75) is 36.0 Å². The molecule has 0 aromatic heterocycles. The molecular weight excluding hydrogens is 521 g/mol. The topological polar surface area (TPSA) is 35.9 Å². The van der Waals surface area contributed by atoms with Gasteiger partial charge in [-0.3, -0.25) is 5.41 Å². The lowest BCUT2D eigenvalue weighted by Gasteiger charge is -2.37. The lowest BCUT2D eigenvalue weighted by Crippen LogP contribution is -2.68. The molecule has 0 aliphatic carbocycles. The summed E-state index contributed by atoms with van der Waals surface area (Å²) in [4.78, 5) is 0. The van der Waals surface area contributed by atoms with E-state index in [0.717, 1.165) is 5.32 Å². The molecular formula is C13H4Cl2F14N2. The average Bonchev–Trinajstić information content (AvgIpc) is 2.55. The molecule has 1 aromatic rings. The third-order valence-electron chi connectivity index (χ3n) is 3.47. The molecule has 2 nitrogen and oxygen atoms in total. The molecule has 0 bridgehead atoms. The Morgan fingerprint density at radius 2 is 1.06 bits per heavy atom. The second-order valence-electron chi connectivity index (χ2n) is 5.61. The zero-order chi connectivity index (χ0) is 25.0. The molecule has 2 N–H and O–H groups in total. The van der Waals surface area contributed by atoms with Crippen molar-refractivity contribution >= 4 is 34.7 Å². The van der Waals surface area contributed by atoms with Crippen LogP contribution in [0, 0.1) is 5.41 Å². The van der Waals surface area contributed by atoms with E-state index in [0.29, 0.717) is 0 Å². The molecule has 178 valence electrons. The van der Waals surface area contributed by atoms with E-state index in [2.05, 4.69) is 0 Å². The highest BCUT2D eigenvalue weighted by Crippen LogP contribution is 2.57. The number of hydrogen-bond acceptors (Lipinski definition) is 1. The van der Waals surface area contributed by atoms with Crippen LogP contribution in [0.5, 0.6) is 0 Å². The molecule has 0 aliphatic heterocycles. The number of rotatable bonds is 5. The minimum atomic E-state index is -7.77. The highest BCUT2D eigenvalue weighted by Gasteiger charge is 2.88. The van der Waals surface area contributed by atoms with Crippen molar-refractivity contribution in [3.05, 3.63) is 27.7 Å². The summed E-state index contributed by atoms with van der Waals surface area (Å²) < 4.78 is 180. The number of amidine groups is 1. The van der Waals surface area contributed by atoms with Gasteiger partial charge in [0.25, 0.3) is 0 Å². The van der Waals surface area contributed by atoms with Gasteiger partial charge < -0.3 is 5.32 Å². The predicted molar refractivity (Wildman–Crippen MR) is 78.7 cm³/mol. The Kier molecular flexibility index (Phi) is 6.79. The monoisotopic (exact) mass is 524 g/mol. The first-order valence-electron chi connectivity index (χ1n) is 6.93. The van der Waals surface area contributed by atoms with E-state index in [9.17, 15) is 61.5 Å². The molecule has 0 amide bonds. The van der Waals surface area contributed by atoms with Gasteiger partial charge in [-0.2, -0.15) is 61.5 Å². The van der Waals surface area contributed by atoms with Crippen LogP contribution in [0.15, 0.2) is 12.1 Å². The second kappa shape index (κ2) is 7.71. The highest BCUT2D eigenvalue weighted by atomic mass is 35.5. The lowest BCUT2D eigenvalue weighted by atomic mass is 9.97. The molecule has 31 heavy (non-hydrogen) atoms. The Morgan fingerprint density at radius 3 is 1.39 bits per heavy atom. The molecule has 18 heteroatoms. The third kappa shape index (κ3) is 4.45. The largest absolute Gasteiger partial charge is 0.460 e. The van der Waals surface area contributed by atoms with Crippen LogP contribution in [0.2, 0.25) is 10.0 Å². The SMILES string of the molecule is N=C(Nc1c(Cl)cc(C(F)(F)F)cc1Cl)C(F)(F)C(F)(F)C(F)(F)C(F)(F)C(F)(F)F. The Hall–Kier alpha value is -1.71. The van der Waals surface area contributed by atoms with E-state index in [4.69, 9.17) is 28.6 Å². The summed E-state index contributed by atoms with van der Waals surface area (Å²) in [5, 5.41) is 5.05. The Labute approximate surface area is 171 Å². The number of alkyl halides is 14. The summed E-state index contributed by atoms with van der Waals surface area (Å²) in [5.74, 6) is -32.9. The molecule has 0 saturated heterocycles. The van der Waals surface area contributed by atoms with Crippen LogP contribution in [0.25, 0.3) is 0 Å². The molecule has 0 unspecified atom stereocenters. The lowest BCUT2D eigenvalue weighted by molar-refractivity contribution is -0.414. The highest BCUT2D eigenvalue weighted by molar-refractivity contribution is 6.40. The maximum Gasteiger partial charge on any atom is 0.460 e. The molecule has 1 aromatic carbocycles. The van der Waals surface area contributed by atoms with Crippen molar-refractivity contribution in [1.29, 1.82) is 5.41 Å². The quantitative estimate of drug-likeness (QED) is 0.233. The second-order valence-corrected chi connectivity index (χ2v) is 6.42. The van der Waals surface area contributed by atoms with Crippen LogP contribution >= 0.6 is 23.2 Å². The zero-order valence-corrected chi connectivity index (χ0v) is 15.2. The minimum Gasteiger partial charge on any atom is -0.337 e. The third-order valence-corrected chi connectivity index (χ3v) is 4.07. The first-order valence-corrected chi connectivity index (χ1v) is 7.68. The van der Waals surface area contributed by atoms with E-state index in [1.54, 1.807) is 0 Å². The van der Waals surface area contributed by atoms with Crippen molar-refractivity contribution < 1.29 is 61.5 Å². The van der Waals surface area contributed by atoms with Gasteiger partial charge in [0.2, 0.25) is 0 Å². The number of halogens is 16. The Bertz CT molecular complexity index is 836. The van der Waals surface area contributed by atoms with Crippen LogP contribution in [0.3, 0.4) is 0 Å². The standard InChI is InChI=1S/C13H4Cl2F14N2/c14-4-1-3(9(18,19)20)2-5(15)6(4)31-7(30)8(16,17)10(21,22)11(23,24)12(25,26)13(27,28)29/h1-2H,(H2,30,31). The molecule has 0 fully saturated rings. The van der Waals surface area contributed by atoms with E-state index < -0.39 is 63.2 Å². The minimum absolute atomic E-state index is 0.0221. The molecule has 0 saturated carbocycles. The van der Waals surface area contributed by atoms with Crippen LogP contribution in [0.1, 0.15) is 5.56 Å².